The predicted octanol–water partition coefficient (Wildman–Crippen LogP) is 3.68. The first kappa shape index (κ1) is 19.5. The Morgan fingerprint density at radius 1 is 0.963 bits per heavy atom. The molecule has 2 aromatic rings. The second-order valence-electron chi connectivity index (χ2n) is 5.91. The molecule has 2 aromatic carbocycles. The Bertz CT molecular complexity index is 902. The predicted molar refractivity (Wildman–Crippen MR) is 102 cm³/mol. The molecule has 1 saturated heterocycles. The van der Waals surface area contributed by atoms with Crippen molar-refractivity contribution in [1.29, 1.82) is 0 Å². The number of imide groups is 1. The van der Waals surface area contributed by atoms with Gasteiger partial charge >= 0.3 is 6.03 Å². The molecule has 0 aliphatic carbocycles. The Labute approximate surface area is 170 Å². The first-order valence-corrected chi connectivity index (χ1v) is 9.07. The van der Waals surface area contributed by atoms with Gasteiger partial charge in [0.05, 0.1) is 23.0 Å². The number of hydrogen-bond acceptors (Lipinski definition) is 3. The van der Waals surface area contributed by atoms with E-state index >= 15 is 0 Å². The van der Waals surface area contributed by atoms with Crippen LogP contribution in [0.4, 0.5) is 4.79 Å². The average Bonchev–Trinajstić information content (AvgIpc) is 2.62. The Morgan fingerprint density at radius 3 is 2.30 bits per heavy atom. The van der Waals surface area contributed by atoms with Crippen molar-refractivity contribution in [2.45, 2.75) is 13.0 Å². The Hall–Kier alpha value is -2.28. The summed E-state index contributed by atoms with van der Waals surface area (Å²) >= 11 is 17.8. The van der Waals surface area contributed by atoms with Crippen molar-refractivity contribution >= 4 is 52.6 Å². The molecular weight excluding hydrogens is 413 g/mol. The van der Waals surface area contributed by atoms with Crippen LogP contribution in [0.2, 0.25) is 15.1 Å². The lowest BCUT2D eigenvalue weighted by Crippen LogP contribution is -2.62. The van der Waals surface area contributed by atoms with Gasteiger partial charge < -0.3 is 0 Å². The quantitative estimate of drug-likeness (QED) is 0.811. The van der Waals surface area contributed by atoms with Gasteiger partial charge in [0.1, 0.15) is 6.54 Å². The standard InChI is InChI=1S/C18H14Cl3N3O3/c19-13-4-1-11(2-5-13)8-17(26)23-10-16(25)22-18(27)24(23)9-12-3-6-14(20)15(21)7-12/h1-7H,8-10H2,(H,22,25,27). The van der Waals surface area contributed by atoms with E-state index in [0.29, 0.717) is 20.6 Å². The van der Waals surface area contributed by atoms with Crippen LogP contribution in [0.1, 0.15) is 11.1 Å². The minimum Gasteiger partial charge on any atom is -0.275 e. The fourth-order valence-electron chi connectivity index (χ4n) is 2.61. The van der Waals surface area contributed by atoms with E-state index in [1.807, 2.05) is 0 Å². The number of carbonyl (C=O) groups excluding carboxylic acids is 3. The van der Waals surface area contributed by atoms with E-state index in [-0.39, 0.29) is 25.4 Å². The first-order chi connectivity index (χ1) is 12.8. The van der Waals surface area contributed by atoms with Gasteiger partial charge in [-0.25, -0.2) is 14.8 Å². The lowest BCUT2D eigenvalue weighted by molar-refractivity contribution is -0.152. The molecule has 140 valence electrons. The number of nitrogens with zero attached hydrogens (tertiary/aromatic N) is 2. The number of carbonyl (C=O) groups is 3. The van der Waals surface area contributed by atoms with Crippen LogP contribution >= 0.6 is 34.8 Å². The third-order valence-corrected chi connectivity index (χ3v) is 4.93. The van der Waals surface area contributed by atoms with Crippen LogP contribution < -0.4 is 5.32 Å². The Kier molecular flexibility index (Phi) is 5.89. The molecule has 1 heterocycles. The fraction of sp³-hybridized carbons (Fsp3) is 0.167. The van der Waals surface area contributed by atoms with E-state index in [1.165, 1.54) is 5.01 Å². The van der Waals surface area contributed by atoms with Crippen LogP contribution in [0.3, 0.4) is 0 Å². The fourth-order valence-corrected chi connectivity index (χ4v) is 3.06. The molecule has 1 aliphatic heterocycles. The number of hydrogen-bond donors (Lipinski definition) is 1. The van der Waals surface area contributed by atoms with Crippen molar-refractivity contribution < 1.29 is 14.4 Å². The van der Waals surface area contributed by atoms with Gasteiger partial charge in [-0.15, -0.1) is 0 Å². The second kappa shape index (κ2) is 8.17. The van der Waals surface area contributed by atoms with E-state index in [2.05, 4.69) is 5.32 Å². The molecule has 0 bridgehead atoms. The van der Waals surface area contributed by atoms with Crippen LogP contribution in [0.5, 0.6) is 0 Å². The third kappa shape index (κ3) is 4.71. The summed E-state index contributed by atoms with van der Waals surface area (Å²) in [5.74, 6) is -0.935. The zero-order chi connectivity index (χ0) is 19.6. The summed E-state index contributed by atoms with van der Waals surface area (Å²) in [5, 5.41) is 5.80. The minimum atomic E-state index is -0.679. The lowest BCUT2D eigenvalue weighted by atomic mass is 10.1. The Balaban J connectivity index is 1.81. The molecule has 0 atom stereocenters. The maximum absolute atomic E-state index is 12.7. The molecule has 0 spiro atoms. The zero-order valence-electron chi connectivity index (χ0n) is 13.9. The summed E-state index contributed by atoms with van der Waals surface area (Å²) in [6, 6.07) is 11.0. The highest BCUT2D eigenvalue weighted by atomic mass is 35.5. The van der Waals surface area contributed by atoms with Gasteiger partial charge in [-0.05, 0) is 35.4 Å². The largest absolute Gasteiger partial charge is 0.343 e. The summed E-state index contributed by atoms with van der Waals surface area (Å²) < 4.78 is 0. The maximum atomic E-state index is 12.7. The van der Waals surface area contributed by atoms with Crippen LogP contribution in [-0.2, 0) is 22.6 Å². The van der Waals surface area contributed by atoms with Crippen LogP contribution in [0.15, 0.2) is 42.5 Å². The average molecular weight is 427 g/mol. The van der Waals surface area contributed by atoms with Crippen molar-refractivity contribution in [3.8, 4) is 0 Å². The number of hydrazine groups is 1. The Morgan fingerprint density at radius 2 is 1.63 bits per heavy atom. The molecule has 1 N–H and O–H groups in total. The highest BCUT2D eigenvalue weighted by Gasteiger charge is 2.34. The zero-order valence-corrected chi connectivity index (χ0v) is 16.2. The smallest absolute Gasteiger partial charge is 0.275 e. The van der Waals surface area contributed by atoms with Crippen molar-refractivity contribution in [2.75, 3.05) is 6.54 Å². The molecule has 0 saturated carbocycles. The highest BCUT2D eigenvalue weighted by molar-refractivity contribution is 6.42. The first-order valence-electron chi connectivity index (χ1n) is 7.93. The number of nitrogens with one attached hydrogen (secondary N) is 1. The molecule has 3 rings (SSSR count). The normalized spacial score (nSPS) is 14.3. The van der Waals surface area contributed by atoms with Crippen LogP contribution in [-0.4, -0.2) is 34.4 Å². The lowest BCUT2D eigenvalue weighted by Gasteiger charge is -2.37. The SMILES string of the molecule is O=C1CN(C(=O)Cc2ccc(Cl)cc2)N(Cc2ccc(Cl)c(Cl)c2)C(=O)N1. The summed E-state index contributed by atoms with van der Waals surface area (Å²) in [6.45, 7) is -0.193. The number of amides is 4. The van der Waals surface area contributed by atoms with Gasteiger partial charge in [-0.3, -0.25) is 14.9 Å². The van der Waals surface area contributed by atoms with E-state index < -0.39 is 11.9 Å². The molecule has 0 radical (unpaired) electrons. The number of urea groups is 1. The molecule has 0 unspecified atom stereocenters. The van der Waals surface area contributed by atoms with E-state index in [0.717, 1.165) is 10.6 Å². The molecule has 27 heavy (non-hydrogen) atoms. The molecule has 6 nitrogen and oxygen atoms in total. The summed E-state index contributed by atoms with van der Waals surface area (Å²) in [5.41, 5.74) is 1.38. The number of halogens is 3. The van der Waals surface area contributed by atoms with Gasteiger partial charge in [-0.2, -0.15) is 0 Å². The summed E-state index contributed by atoms with van der Waals surface area (Å²) in [4.78, 5) is 36.8. The van der Waals surface area contributed by atoms with Gasteiger partial charge in [0.2, 0.25) is 11.8 Å². The topological polar surface area (TPSA) is 69.7 Å². The van der Waals surface area contributed by atoms with Gasteiger partial charge in [-0.1, -0.05) is 53.0 Å². The maximum Gasteiger partial charge on any atom is 0.343 e. The molecule has 1 aliphatic rings. The number of benzene rings is 2. The molecule has 0 aromatic heterocycles. The third-order valence-electron chi connectivity index (χ3n) is 3.94. The second-order valence-corrected chi connectivity index (χ2v) is 7.16. The van der Waals surface area contributed by atoms with Crippen molar-refractivity contribution in [1.82, 2.24) is 15.3 Å². The summed E-state index contributed by atoms with van der Waals surface area (Å²) in [6.07, 6.45) is 0.0234. The van der Waals surface area contributed by atoms with Crippen molar-refractivity contribution in [2.24, 2.45) is 0 Å². The molecule has 4 amide bonds. The van der Waals surface area contributed by atoms with Crippen molar-refractivity contribution in [3.63, 3.8) is 0 Å². The summed E-state index contributed by atoms with van der Waals surface area (Å²) in [7, 11) is 0. The highest BCUT2D eigenvalue weighted by Crippen LogP contribution is 2.24. The minimum absolute atomic E-state index is 0.0234. The number of rotatable bonds is 4. The van der Waals surface area contributed by atoms with Gasteiger partial charge in [0.15, 0.2) is 0 Å². The molecular formula is C18H14Cl3N3O3. The monoisotopic (exact) mass is 425 g/mol. The van der Waals surface area contributed by atoms with Gasteiger partial charge in [0.25, 0.3) is 0 Å². The van der Waals surface area contributed by atoms with Gasteiger partial charge in [0, 0.05) is 5.02 Å². The van der Waals surface area contributed by atoms with E-state index in [9.17, 15) is 14.4 Å². The molecule has 9 heteroatoms. The van der Waals surface area contributed by atoms with E-state index in [1.54, 1.807) is 42.5 Å². The van der Waals surface area contributed by atoms with Crippen LogP contribution in [0, 0.1) is 0 Å². The molecule has 1 fully saturated rings. The van der Waals surface area contributed by atoms with Crippen molar-refractivity contribution in [3.05, 3.63) is 68.7 Å². The van der Waals surface area contributed by atoms with Crippen LogP contribution in [0.25, 0.3) is 0 Å². The van der Waals surface area contributed by atoms with E-state index in [4.69, 9.17) is 34.8 Å².